The summed E-state index contributed by atoms with van der Waals surface area (Å²) in [5, 5.41) is 12.9. The molecule has 3 aliphatic carbocycles. The zero-order valence-corrected chi connectivity index (χ0v) is 20.4. The number of hydroxylamine groups is 1. The van der Waals surface area contributed by atoms with E-state index in [1.54, 1.807) is 24.3 Å². The maximum atomic E-state index is 12.4. The van der Waals surface area contributed by atoms with E-state index in [1.165, 1.54) is 24.8 Å². The fourth-order valence-electron chi connectivity index (χ4n) is 8.74. The molecular weight excluding hydrogens is 430 g/mol. The Bertz CT molecular complexity index is 1050. The molecular formula is C27H35N3O4. The molecule has 0 N–H and O–H groups in total. The summed E-state index contributed by atoms with van der Waals surface area (Å²) in [5.74, 6) is 2.29. The van der Waals surface area contributed by atoms with Crippen LogP contribution in [0.4, 0.5) is 11.4 Å². The van der Waals surface area contributed by atoms with Crippen molar-refractivity contribution < 1.29 is 14.6 Å². The Morgan fingerprint density at radius 2 is 1.85 bits per heavy atom. The molecule has 4 fully saturated rings. The summed E-state index contributed by atoms with van der Waals surface area (Å²) in [7, 11) is 2.02. The zero-order valence-electron chi connectivity index (χ0n) is 20.4. The Kier molecular flexibility index (Phi) is 4.90. The van der Waals surface area contributed by atoms with Gasteiger partial charge in [-0.05, 0) is 84.8 Å². The van der Waals surface area contributed by atoms with Crippen molar-refractivity contribution in [3.63, 3.8) is 0 Å². The number of amides is 1. The number of fused-ring (bicyclic) bond motifs is 7. The number of hydrogen-bond donors (Lipinski definition) is 0. The van der Waals surface area contributed by atoms with E-state index in [1.807, 2.05) is 12.1 Å². The first-order chi connectivity index (χ1) is 16.2. The van der Waals surface area contributed by atoms with E-state index < -0.39 is 0 Å². The molecule has 2 aliphatic heterocycles. The van der Waals surface area contributed by atoms with Crippen LogP contribution in [0.2, 0.25) is 0 Å². The predicted molar refractivity (Wildman–Crippen MR) is 129 cm³/mol. The molecule has 1 amide bonds. The molecule has 7 atom stereocenters. The molecule has 7 heteroatoms. The minimum Gasteiger partial charge on any atom is -0.342 e. The van der Waals surface area contributed by atoms with Gasteiger partial charge in [0.05, 0.1) is 17.2 Å². The second-order valence-electron chi connectivity index (χ2n) is 11.8. The molecule has 1 saturated heterocycles. The number of nitrogens with zero attached hydrogens (tertiary/aromatic N) is 3. The molecule has 182 valence electrons. The van der Waals surface area contributed by atoms with Crippen LogP contribution in [-0.4, -0.2) is 41.5 Å². The van der Waals surface area contributed by atoms with Gasteiger partial charge in [-0.1, -0.05) is 19.9 Å². The lowest BCUT2D eigenvalue weighted by atomic mass is 9.47. The van der Waals surface area contributed by atoms with Crippen LogP contribution >= 0.6 is 0 Å². The van der Waals surface area contributed by atoms with Crippen LogP contribution < -0.4 is 5.06 Å². The van der Waals surface area contributed by atoms with Crippen LogP contribution in [0.25, 0.3) is 0 Å². The topological polar surface area (TPSA) is 75.9 Å². The summed E-state index contributed by atoms with van der Waals surface area (Å²) in [6.45, 7) is 5.61. The van der Waals surface area contributed by atoms with Gasteiger partial charge in [0.2, 0.25) is 5.91 Å². The molecule has 5 aliphatic rings. The van der Waals surface area contributed by atoms with Crippen LogP contribution in [0.3, 0.4) is 0 Å². The number of carbonyl (C=O) groups excluding carboxylic acids is 1. The van der Waals surface area contributed by atoms with Gasteiger partial charge in [-0.3, -0.25) is 19.7 Å². The molecule has 1 aromatic rings. The van der Waals surface area contributed by atoms with Crippen molar-refractivity contribution in [2.75, 3.05) is 18.7 Å². The van der Waals surface area contributed by atoms with Gasteiger partial charge in [0.1, 0.15) is 6.10 Å². The molecule has 3 saturated carbocycles. The van der Waals surface area contributed by atoms with Gasteiger partial charge >= 0.3 is 0 Å². The summed E-state index contributed by atoms with van der Waals surface area (Å²) in [6, 6.07) is 7.03. The summed E-state index contributed by atoms with van der Waals surface area (Å²) in [5.41, 5.74) is 2.84. The highest BCUT2D eigenvalue weighted by Gasteiger charge is 2.62. The Balaban J connectivity index is 1.24. The SMILES string of the molecule is CN1C(=O)CC[C@@]2(C)C1CC[C@@H]1[C@@H]2CC[C@]2(C)C3=CCN(c4ccc([N+](=O)[O-])cc4)O[C@H]3C[C@@H]12. The molecule has 0 spiro atoms. The number of nitro groups is 1. The van der Waals surface area contributed by atoms with Gasteiger partial charge in [-0.15, -0.1) is 0 Å². The quantitative estimate of drug-likeness (QED) is 0.344. The van der Waals surface area contributed by atoms with Crippen molar-refractivity contribution in [3.8, 4) is 0 Å². The number of nitro benzene ring substituents is 1. The number of likely N-dealkylation sites (tertiary alicyclic amines) is 1. The standard InChI is InChI=1S/C27H35N3O4/c1-26-13-10-20-19(8-9-24-27(20,2)14-11-25(31)28(24)3)22(26)16-23-21(26)12-15-29(34-23)17-4-6-18(7-5-17)30(32)33/h4-7,12,19-20,22-24H,8-11,13-16H2,1-3H3/t19-,20+,22+,23+,24?,26-,27-/m1/s1. The van der Waals surface area contributed by atoms with Crippen molar-refractivity contribution in [2.45, 2.75) is 70.9 Å². The van der Waals surface area contributed by atoms with Crippen molar-refractivity contribution in [2.24, 2.45) is 28.6 Å². The molecule has 7 nitrogen and oxygen atoms in total. The van der Waals surface area contributed by atoms with Gasteiger partial charge < -0.3 is 4.90 Å². The number of non-ortho nitro benzene ring substituents is 1. The van der Waals surface area contributed by atoms with E-state index in [9.17, 15) is 14.9 Å². The van der Waals surface area contributed by atoms with E-state index in [-0.39, 0.29) is 27.5 Å². The second-order valence-corrected chi connectivity index (χ2v) is 11.8. The molecule has 34 heavy (non-hydrogen) atoms. The third kappa shape index (κ3) is 3.01. The van der Waals surface area contributed by atoms with E-state index >= 15 is 0 Å². The van der Waals surface area contributed by atoms with E-state index in [0.29, 0.717) is 42.7 Å². The summed E-state index contributed by atoms with van der Waals surface area (Å²) in [4.78, 5) is 31.7. The van der Waals surface area contributed by atoms with Crippen molar-refractivity contribution in [3.05, 3.63) is 46.0 Å². The number of carbonyl (C=O) groups is 1. The minimum atomic E-state index is -0.368. The number of hydrogen-bond acceptors (Lipinski definition) is 5. The normalized spacial score (nSPS) is 41.2. The maximum Gasteiger partial charge on any atom is 0.269 e. The smallest absolute Gasteiger partial charge is 0.269 e. The number of piperidine rings is 1. The highest BCUT2D eigenvalue weighted by atomic mass is 16.7. The third-order valence-corrected chi connectivity index (χ3v) is 10.5. The van der Waals surface area contributed by atoms with Gasteiger partial charge in [-0.25, -0.2) is 5.06 Å². The number of anilines is 1. The Morgan fingerprint density at radius 1 is 1.09 bits per heavy atom. The summed E-state index contributed by atoms with van der Waals surface area (Å²) in [6.07, 6.45) is 9.97. The second kappa shape index (κ2) is 7.54. The van der Waals surface area contributed by atoms with Gasteiger partial charge in [0.25, 0.3) is 5.69 Å². The maximum absolute atomic E-state index is 12.4. The first-order valence-electron chi connectivity index (χ1n) is 12.9. The van der Waals surface area contributed by atoms with Crippen molar-refractivity contribution in [1.29, 1.82) is 0 Å². The molecule has 6 rings (SSSR count). The van der Waals surface area contributed by atoms with E-state index in [2.05, 4.69) is 24.8 Å². The lowest BCUT2D eigenvalue weighted by Gasteiger charge is -2.61. The first kappa shape index (κ1) is 22.1. The highest BCUT2D eigenvalue weighted by Crippen LogP contribution is 2.66. The van der Waals surface area contributed by atoms with E-state index in [4.69, 9.17) is 4.84 Å². The fourth-order valence-corrected chi connectivity index (χ4v) is 8.74. The molecule has 2 heterocycles. The molecule has 1 aromatic carbocycles. The molecule has 0 radical (unpaired) electrons. The average Bonchev–Trinajstić information content (AvgIpc) is 3.14. The fraction of sp³-hybridized carbons (Fsp3) is 0.667. The van der Waals surface area contributed by atoms with Gasteiger partial charge in [0, 0.05) is 31.6 Å². The highest BCUT2D eigenvalue weighted by molar-refractivity contribution is 5.77. The van der Waals surface area contributed by atoms with Gasteiger partial charge in [0.15, 0.2) is 0 Å². The van der Waals surface area contributed by atoms with Crippen LogP contribution in [0.1, 0.15) is 58.8 Å². The van der Waals surface area contributed by atoms with Crippen molar-refractivity contribution in [1.82, 2.24) is 4.90 Å². The molecule has 1 unspecified atom stereocenters. The van der Waals surface area contributed by atoms with Crippen LogP contribution in [0.15, 0.2) is 35.9 Å². The minimum absolute atomic E-state index is 0.0822. The van der Waals surface area contributed by atoms with Crippen molar-refractivity contribution >= 4 is 17.3 Å². The molecule has 0 aromatic heterocycles. The number of rotatable bonds is 2. The third-order valence-electron chi connectivity index (χ3n) is 10.5. The van der Waals surface area contributed by atoms with Crippen LogP contribution in [0, 0.1) is 38.7 Å². The summed E-state index contributed by atoms with van der Waals surface area (Å²) < 4.78 is 0. The van der Waals surface area contributed by atoms with Crippen LogP contribution in [-0.2, 0) is 9.63 Å². The predicted octanol–water partition coefficient (Wildman–Crippen LogP) is 5.11. The Hall–Kier alpha value is -2.41. The van der Waals surface area contributed by atoms with E-state index in [0.717, 1.165) is 24.9 Å². The van der Waals surface area contributed by atoms with Crippen LogP contribution in [0.5, 0.6) is 0 Å². The lowest BCUT2D eigenvalue weighted by Crippen LogP contribution is -2.61. The Labute approximate surface area is 201 Å². The Morgan fingerprint density at radius 3 is 2.59 bits per heavy atom. The monoisotopic (exact) mass is 465 g/mol. The zero-order chi connectivity index (χ0) is 23.8. The number of benzene rings is 1. The molecule has 0 bridgehead atoms. The lowest BCUT2D eigenvalue weighted by molar-refractivity contribution is -0.384. The largest absolute Gasteiger partial charge is 0.342 e. The average molecular weight is 466 g/mol. The first-order valence-corrected chi connectivity index (χ1v) is 12.9. The summed E-state index contributed by atoms with van der Waals surface area (Å²) >= 11 is 0. The van der Waals surface area contributed by atoms with Gasteiger partial charge in [-0.2, -0.15) is 0 Å².